The van der Waals surface area contributed by atoms with E-state index in [1.54, 1.807) is 0 Å². The molecule has 1 saturated heterocycles. The Kier molecular flexibility index (Phi) is 4.56. The summed E-state index contributed by atoms with van der Waals surface area (Å²) < 4.78 is 0. The van der Waals surface area contributed by atoms with Crippen molar-refractivity contribution in [2.24, 2.45) is 5.92 Å². The van der Waals surface area contributed by atoms with Gasteiger partial charge >= 0.3 is 0 Å². The van der Waals surface area contributed by atoms with Crippen LogP contribution in [0.25, 0.3) is 0 Å². The Morgan fingerprint density at radius 1 is 1.29 bits per heavy atom. The minimum Gasteiger partial charge on any atom is -0.387 e. The molecule has 0 radical (unpaired) electrons. The zero-order valence-electron chi connectivity index (χ0n) is 12.3. The van der Waals surface area contributed by atoms with Crippen molar-refractivity contribution in [3.8, 4) is 0 Å². The number of carbonyl (C=O) groups excluding carboxylic acids is 1. The predicted molar refractivity (Wildman–Crippen MR) is 81.7 cm³/mol. The first-order valence-electron chi connectivity index (χ1n) is 8.01. The second-order valence-corrected chi connectivity index (χ2v) is 6.28. The summed E-state index contributed by atoms with van der Waals surface area (Å²) in [5.74, 6) is 0.688. The van der Waals surface area contributed by atoms with Crippen LogP contribution in [0.1, 0.15) is 43.8 Å². The highest BCUT2D eigenvalue weighted by Crippen LogP contribution is 2.33. The van der Waals surface area contributed by atoms with Crippen molar-refractivity contribution >= 4 is 5.91 Å². The lowest BCUT2D eigenvalue weighted by Gasteiger charge is -2.24. The molecule has 4 atom stereocenters. The minimum absolute atomic E-state index is 0.0272. The van der Waals surface area contributed by atoms with E-state index in [0.717, 1.165) is 12.0 Å². The molecule has 1 aliphatic carbocycles. The van der Waals surface area contributed by atoms with Crippen molar-refractivity contribution in [2.45, 2.75) is 50.3 Å². The molecular formula is C17H24N2O2. The van der Waals surface area contributed by atoms with Crippen LogP contribution in [0.5, 0.6) is 0 Å². The van der Waals surface area contributed by atoms with Crippen molar-refractivity contribution in [1.82, 2.24) is 10.6 Å². The molecular weight excluding hydrogens is 264 g/mol. The molecule has 0 bridgehead atoms. The molecule has 4 heteroatoms. The van der Waals surface area contributed by atoms with Crippen LogP contribution in [0, 0.1) is 5.92 Å². The standard InChI is InChI=1S/C17H24N2O2/c20-16(12-6-2-1-3-7-12)11-18-17(21)15-10-13-8-4-5-9-14(13)19-15/h1-3,6-7,13-16,19-20H,4-5,8-11H2,(H,18,21). The van der Waals surface area contributed by atoms with Crippen LogP contribution in [0.4, 0.5) is 0 Å². The van der Waals surface area contributed by atoms with Gasteiger partial charge in [-0.3, -0.25) is 4.79 Å². The number of benzene rings is 1. The van der Waals surface area contributed by atoms with Gasteiger partial charge in [-0.2, -0.15) is 0 Å². The molecule has 1 aliphatic heterocycles. The number of aliphatic hydroxyl groups excluding tert-OH is 1. The number of hydrogen-bond donors (Lipinski definition) is 3. The molecule has 2 fully saturated rings. The van der Waals surface area contributed by atoms with Gasteiger partial charge in [0.05, 0.1) is 12.1 Å². The van der Waals surface area contributed by atoms with Crippen molar-refractivity contribution in [1.29, 1.82) is 0 Å². The molecule has 1 heterocycles. The van der Waals surface area contributed by atoms with Gasteiger partial charge in [-0.1, -0.05) is 43.2 Å². The Morgan fingerprint density at radius 2 is 2.05 bits per heavy atom. The monoisotopic (exact) mass is 288 g/mol. The molecule has 21 heavy (non-hydrogen) atoms. The summed E-state index contributed by atoms with van der Waals surface area (Å²) in [6, 6.07) is 9.89. The average Bonchev–Trinajstić information content (AvgIpc) is 2.97. The second-order valence-electron chi connectivity index (χ2n) is 6.28. The van der Waals surface area contributed by atoms with Gasteiger partial charge in [0, 0.05) is 12.6 Å². The van der Waals surface area contributed by atoms with Crippen LogP contribution < -0.4 is 10.6 Å². The van der Waals surface area contributed by atoms with Crippen LogP contribution in [-0.2, 0) is 4.79 Å². The first-order chi connectivity index (χ1) is 10.2. The lowest BCUT2D eigenvalue weighted by atomic mass is 9.85. The summed E-state index contributed by atoms with van der Waals surface area (Å²) in [5, 5.41) is 16.4. The molecule has 0 aromatic heterocycles. The van der Waals surface area contributed by atoms with Gasteiger partial charge in [0.15, 0.2) is 0 Å². The summed E-state index contributed by atoms with van der Waals surface area (Å²) in [4.78, 5) is 12.2. The van der Waals surface area contributed by atoms with Crippen LogP contribution in [0.3, 0.4) is 0 Å². The number of rotatable bonds is 4. The first-order valence-corrected chi connectivity index (χ1v) is 8.01. The van der Waals surface area contributed by atoms with E-state index in [0.29, 0.717) is 12.0 Å². The van der Waals surface area contributed by atoms with Gasteiger partial charge in [0.25, 0.3) is 0 Å². The third-order valence-electron chi connectivity index (χ3n) is 4.83. The summed E-state index contributed by atoms with van der Waals surface area (Å²) in [5.41, 5.74) is 0.839. The van der Waals surface area contributed by atoms with Crippen molar-refractivity contribution in [3.05, 3.63) is 35.9 Å². The maximum Gasteiger partial charge on any atom is 0.237 e. The fourth-order valence-electron chi connectivity index (χ4n) is 3.63. The Hall–Kier alpha value is -1.39. The van der Waals surface area contributed by atoms with E-state index in [2.05, 4.69) is 10.6 Å². The third kappa shape index (κ3) is 3.44. The molecule has 1 amide bonds. The minimum atomic E-state index is -0.640. The molecule has 2 aliphatic rings. The van der Waals surface area contributed by atoms with Crippen LogP contribution >= 0.6 is 0 Å². The Balaban J connectivity index is 1.48. The van der Waals surface area contributed by atoms with E-state index in [1.165, 1.54) is 25.7 Å². The Bertz CT molecular complexity index is 463. The molecule has 3 rings (SSSR count). The van der Waals surface area contributed by atoms with E-state index in [1.807, 2.05) is 30.3 Å². The zero-order valence-corrected chi connectivity index (χ0v) is 12.3. The highest BCUT2D eigenvalue weighted by Gasteiger charge is 2.38. The molecule has 4 nitrogen and oxygen atoms in total. The summed E-state index contributed by atoms with van der Waals surface area (Å²) in [7, 11) is 0. The largest absolute Gasteiger partial charge is 0.387 e. The summed E-state index contributed by atoms with van der Waals surface area (Å²) >= 11 is 0. The van der Waals surface area contributed by atoms with Crippen LogP contribution in [-0.4, -0.2) is 29.6 Å². The lowest BCUT2D eigenvalue weighted by Crippen LogP contribution is -2.44. The average molecular weight is 288 g/mol. The normalized spacial score (nSPS) is 29.7. The number of amides is 1. The fraction of sp³-hybridized carbons (Fsp3) is 0.588. The summed E-state index contributed by atoms with van der Waals surface area (Å²) in [6.07, 6.45) is 5.31. The van der Waals surface area contributed by atoms with E-state index in [9.17, 15) is 9.90 Å². The van der Waals surface area contributed by atoms with Gasteiger partial charge < -0.3 is 15.7 Å². The molecule has 0 spiro atoms. The quantitative estimate of drug-likeness (QED) is 0.791. The van der Waals surface area contributed by atoms with Crippen LogP contribution in [0.2, 0.25) is 0 Å². The molecule has 3 N–H and O–H groups in total. The topological polar surface area (TPSA) is 61.4 Å². The maximum atomic E-state index is 12.2. The van der Waals surface area contributed by atoms with E-state index in [4.69, 9.17) is 0 Å². The molecule has 1 aromatic rings. The summed E-state index contributed by atoms with van der Waals surface area (Å²) in [6.45, 7) is 0.274. The smallest absolute Gasteiger partial charge is 0.237 e. The molecule has 114 valence electrons. The molecule has 1 saturated carbocycles. The second kappa shape index (κ2) is 6.58. The van der Waals surface area contributed by atoms with Gasteiger partial charge in [-0.25, -0.2) is 0 Å². The third-order valence-corrected chi connectivity index (χ3v) is 4.83. The lowest BCUT2D eigenvalue weighted by molar-refractivity contribution is -0.123. The van der Waals surface area contributed by atoms with Gasteiger partial charge in [-0.05, 0) is 30.7 Å². The Labute approximate surface area is 125 Å². The highest BCUT2D eigenvalue weighted by molar-refractivity contribution is 5.82. The number of aliphatic hydroxyl groups is 1. The Morgan fingerprint density at radius 3 is 2.81 bits per heavy atom. The first kappa shape index (κ1) is 14.5. The number of nitrogens with one attached hydrogen (secondary N) is 2. The van der Waals surface area contributed by atoms with Gasteiger partial charge in [0.2, 0.25) is 5.91 Å². The molecule has 1 aromatic carbocycles. The van der Waals surface area contributed by atoms with E-state index < -0.39 is 6.10 Å². The van der Waals surface area contributed by atoms with Crippen molar-refractivity contribution < 1.29 is 9.90 Å². The SMILES string of the molecule is O=C(NCC(O)c1ccccc1)C1CC2CCCCC2N1. The highest BCUT2D eigenvalue weighted by atomic mass is 16.3. The predicted octanol–water partition coefficient (Wildman–Crippen LogP) is 1.76. The number of carbonyl (C=O) groups is 1. The fourth-order valence-corrected chi connectivity index (χ4v) is 3.63. The van der Waals surface area contributed by atoms with Crippen molar-refractivity contribution in [3.63, 3.8) is 0 Å². The number of hydrogen-bond acceptors (Lipinski definition) is 3. The number of fused-ring (bicyclic) bond motifs is 1. The van der Waals surface area contributed by atoms with Crippen LogP contribution in [0.15, 0.2) is 30.3 Å². The van der Waals surface area contributed by atoms with Gasteiger partial charge in [-0.15, -0.1) is 0 Å². The van der Waals surface area contributed by atoms with E-state index in [-0.39, 0.29) is 18.5 Å². The maximum absolute atomic E-state index is 12.2. The van der Waals surface area contributed by atoms with Crippen molar-refractivity contribution in [2.75, 3.05) is 6.54 Å². The van der Waals surface area contributed by atoms with E-state index >= 15 is 0 Å². The zero-order chi connectivity index (χ0) is 14.7. The van der Waals surface area contributed by atoms with Gasteiger partial charge in [0.1, 0.15) is 0 Å². The molecule has 4 unspecified atom stereocenters.